The maximum Gasteiger partial charge on any atom is 0.225 e. The van der Waals surface area contributed by atoms with Crippen molar-refractivity contribution in [1.29, 1.82) is 0 Å². The van der Waals surface area contributed by atoms with E-state index in [0.29, 0.717) is 19.0 Å². The lowest BCUT2D eigenvalue weighted by Gasteiger charge is -2.47. The van der Waals surface area contributed by atoms with Gasteiger partial charge in [0.2, 0.25) is 5.91 Å². The minimum absolute atomic E-state index is 0. The van der Waals surface area contributed by atoms with Crippen molar-refractivity contribution in [2.75, 3.05) is 58.2 Å². The second kappa shape index (κ2) is 9.20. The molecule has 0 saturated carbocycles. The van der Waals surface area contributed by atoms with Crippen molar-refractivity contribution in [2.24, 2.45) is 4.99 Å². The molecule has 3 N–H and O–H groups in total. The van der Waals surface area contributed by atoms with Gasteiger partial charge in [0.05, 0.1) is 0 Å². The number of hydrogen-bond donors (Lipinski definition) is 3. The molecule has 0 aliphatic carbocycles. The second-order valence-corrected chi connectivity index (χ2v) is 7.36. The Morgan fingerprint density at radius 3 is 2.63 bits per heavy atom. The van der Waals surface area contributed by atoms with Gasteiger partial charge in [-0.05, 0) is 11.6 Å². The number of hydrogen-bond acceptors (Lipinski definition) is 4. The highest BCUT2D eigenvalue weighted by Gasteiger charge is 2.31. The van der Waals surface area contributed by atoms with Gasteiger partial charge in [0.15, 0.2) is 5.96 Å². The monoisotopic (exact) mass is 484 g/mol. The van der Waals surface area contributed by atoms with Gasteiger partial charge >= 0.3 is 0 Å². The third kappa shape index (κ3) is 4.72. The number of rotatable bonds is 4. The molecule has 7 nitrogen and oxygen atoms in total. The standard InChI is InChI=1S/C19H28N6O.HI/c1-20-19(22-12-15-13-24-6-8-25(15)9-7-24)21-11-14-10-18(26)23-17-5-3-2-4-16(14)17;/h2-5,14-15H,6-13H2,1H3,(H,23,26)(H2,20,21,22);1H. The van der Waals surface area contributed by atoms with Crippen LogP contribution in [0.2, 0.25) is 0 Å². The lowest BCUT2D eigenvalue weighted by molar-refractivity contribution is -0.116. The van der Waals surface area contributed by atoms with E-state index >= 15 is 0 Å². The molecular formula is C19H29IN6O. The predicted octanol–water partition coefficient (Wildman–Crippen LogP) is 0.895. The zero-order valence-corrected chi connectivity index (χ0v) is 18.1. The number of carbonyl (C=O) groups is 1. The van der Waals surface area contributed by atoms with Crippen LogP contribution in [-0.4, -0.2) is 80.6 Å². The van der Waals surface area contributed by atoms with Crippen molar-refractivity contribution in [1.82, 2.24) is 20.4 Å². The molecule has 1 aromatic carbocycles. The summed E-state index contributed by atoms with van der Waals surface area (Å²) < 4.78 is 0. The van der Waals surface area contributed by atoms with E-state index in [2.05, 4.69) is 36.8 Å². The maximum atomic E-state index is 12.0. The van der Waals surface area contributed by atoms with Crippen LogP contribution in [-0.2, 0) is 4.79 Å². The van der Waals surface area contributed by atoms with Gasteiger partial charge in [-0.25, -0.2) is 0 Å². The fourth-order valence-electron chi connectivity index (χ4n) is 4.26. The zero-order chi connectivity index (χ0) is 17.9. The Kier molecular flexibility index (Phi) is 6.93. The zero-order valence-electron chi connectivity index (χ0n) is 15.8. The van der Waals surface area contributed by atoms with Crippen molar-refractivity contribution >= 4 is 41.5 Å². The van der Waals surface area contributed by atoms with Crippen LogP contribution in [0.1, 0.15) is 17.9 Å². The Hall–Kier alpha value is -1.39. The number of amides is 1. The Morgan fingerprint density at radius 2 is 1.93 bits per heavy atom. The van der Waals surface area contributed by atoms with Gasteiger partial charge in [0.25, 0.3) is 0 Å². The minimum Gasteiger partial charge on any atom is -0.356 e. The molecule has 4 aliphatic rings. The smallest absolute Gasteiger partial charge is 0.225 e. The van der Waals surface area contributed by atoms with E-state index < -0.39 is 0 Å². The number of carbonyl (C=O) groups excluding carboxylic acids is 1. The molecule has 4 aliphatic heterocycles. The number of aliphatic imine (C=N–C) groups is 1. The first-order valence-corrected chi connectivity index (χ1v) is 9.52. The highest BCUT2D eigenvalue weighted by atomic mass is 127. The number of fused-ring (bicyclic) bond motifs is 4. The Labute approximate surface area is 178 Å². The van der Waals surface area contributed by atoms with E-state index in [1.807, 2.05) is 18.2 Å². The topological polar surface area (TPSA) is 72.0 Å². The van der Waals surface area contributed by atoms with Crippen molar-refractivity contribution in [3.05, 3.63) is 29.8 Å². The Morgan fingerprint density at radius 1 is 1.19 bits per heavy atom. The second-order valence-electron chi connectivity index (χ2n) is 7.36. The summed E-state index contributed by atoms with van der Waals surface area (Å²) in [6.45, 7) is 7.49. The molecule has 2 bridgehead atoms. The summed E-state index contributed by atoms with van der Waals surface area (Å²) >= 11 is 0. The molecule has 2 unspecified atom stereocenters. The molecule has 5 rings (SSSR count). The molecule has 0 radical (unpaired) electrons. The largest absolute Gasteiger partial charge is 0.356 e. The summed E-state index contributed by atoms with van der Waals surface area (Å²) in [6.07, 6.45) is 0.506. The fourth-order valence-corrected chi connectivity index (χ4v) is 4.26. The van der Waals surface area contributed by atoms with E-state index in [1.165, 1.54) is 31.7 Å². The lowest BCUT2D eigenvalue weighted by Crippen LogP contribution is -2.63. The first kappa shape index (κ1) is 20.3. The summed E-state index contributed by atoms with van der Waals surface area (Å²) in [6, 6.07) is 8.60. The van der Waals surface area contributed by atoms with Crippen LogP contribution in [0.5, 0.6) is 0 Å². The van der Waals surface area contributed by atoms with Gasteiger partial charge in [0.1, 0.15) is 0 Å². The number of para-hydroxylation sites is 1. The Bertz CT molecular complexity index is 689. The lowest BCUT2D eigenvalue weighted by atomic mass is 9.90. The summed E-state index contributed by atoms with van der Waals surface area (Å²) in [5.74, 6) is 1.06. The number of anilines is 1. The number of guanidine groups is 1. The Balaban J connectivity index is 0.00000210. The first-order chi connectivity index (χ1) is 12.7. The van der Waals surface area contributed by atoms with Crippen molar-refractivity contribution < 1.29 is 4.79 Å². The molecule has 4 heterocycles. The molecular weight excluding hydrogens is 455 g/mol. The van der Waals surface area contributed by atoms with Crippen LogP contribution in [0.25, 0.3) is 0 Å². The fraction of sp³-hybridized carbons (Fsp3) is 0.579. The molecule has 1 aromatic rings. The molecule has 0 aromatic heterocycles. The minimum atomic E-state index is 0. The van der Waals surface area contributed by atoms with Crippen LogP contribution in [0.4, 0.5) is 5.69 Å². The average molecular weight is 484 g/mol. The van der Waals surface area contributed by atoms with Crippen LogP contribution in [0.15, 0.2) is 29.3 Å². The van der Waals surface area contributed by atoms with Gasteiger partial charge in [-0.2, -0.15) is 0 Å². The molecule has 3 fully saturated rings. The summed E-state index contributed by atoms with van der Waals surface area (Å²) in [7, 11) is 1.80. The first-order valence-electron chi connectivity index (χ1n) is 9.52. The third-order valence-electron chi connectivity index (χ3n) is 5.74. The third-order valence-corrected chi connectivity index (χ3v) is 5.74. The summed E-state index contributed by atoms with van der Waals surface area (Å²) in [5, 5.41) is 9.83. The number of nitrogens with zero attached hydrogens (tertiary/aromatic N) is 3. The number of benzene rings is 1. The van der Waals surface area contributed by atoms with Gasteiger partial charge in [-0.3, -0.25) is 19.6 Å². The molecule has 1 amide bonds. The SMILES string of the molecule is CN=C(NCC1CC(=O)Nc2ccccc21)NCC1CN2CCN1CC2.I. The normalized spacial score (nSPS) is 29.4. The quantitative estimate of drug-likeness (QED) is 0.337. The molecule has 148 valence electrons. The highest BCUT2D eigenvalue weighted by Crippen LogP contribution is 2.31. The number of halogens is 1. The van der Waals surface area contributed by atoms with E-state index in [4.69, 9.17) is 0 Å². The van der Waals surface area contributed by atoms with Crippen LogP contribution >= 0.6 is 24.0 Å². The van der Waals surface area contributed by atoms with Gasteiger partial charge < -0.3 is 16.0 Å². The van der Waals surface area contributed by atoms with E-state index in [1.54, 1.807) is 7.05 Å². The predicted molar refractivity (Wildman–Crippen MR) is 119 cm³/mol. The van der Waals surface area contributed by atoms with Crippen LogP contribution < -0.4 is 16.0 Å². The van der Waals surface area contributed by atoms with Crippen molar-refractivity contribution in [3.8, 4) is 0 Å². The van der Waals surface area contributed by atoms with Crippen LogP contribution in [0, 0.1) is 0 Å². The number of nitrogens with one attached hydrogen (secondary N) is 3. The van der Waals surface area contributed by atoms with Gasteiger partial charge in [0, 0.05) is 76.9 Å². The summed E-state index contributed by atoms with van der Waals surface area (Å²) in [5.41, 5.74) is 2.12. The molecule has 8 heteroatoms. The average Bonchev–Trinajstić information content (AvgIpc) is 2.68. The summed E-state index contributed by atoms with van der Waals surface area (Å²) in [4.78, 5) is 21.4. The highest BCUT2D eigenvalue weighted by molar-refractivity contribution is 14.0. The molecule has 2 atom stereocenters. The molecule has 3 saturated heterocycles. The van der Waals surface area contributed by atoms with Crippen molar-refractivity contribution in [2.45, 2.75) is 18.4 Å². The van der Waals surface area contributed by atoms with E-state index in [-0.39, 0.29) is 35.8 Å². The number of piperazine rings is 3. The van der Waals surface area contributed by atoms with E-state index in [9.17, 15) is 4.79 Å². The maximum absolute atomic E-state index is 12.0. The van der Waals surface area contributed by atoms with Gasteiger partial charge in [-0.15, -0.1) is 24.0 Å². The van der Waals surface area contributed by atoms with Gasteiger partial charge in [-0.1, -0.05) is 18.2 Å². The van der Waals surface area contributed by atoms with Crippen LogP contribution in [0.3, 0.4) is 0 Å². The molecule has 0 spiro atoms. The molecule has 27 heavy (non-hydrogen) atoms. The van der Waals surface area contributed by atoms with Crippen molar-refractivity contribution in [3.63, 3.8) is 0 Å². The van der Waals surface area contributed by atoms with E-state index in [0.717, 1.165) is 24.7 Å².